The van der Waals surface area contributed by atoms with Crippen LogP contribution < -0.4 is 16.2 Å². The van der Waals surface area contributed by atoms with E-state index in [4.69, 9.17) is 23.2 Å². The van der Waals surface area contributed by atoms with Crippen molar-refractivity contribution in [2.75, 3.05) is 33.1 Å². The fourth-order valence-electron chi connectivity index (χ4n) is 4.33. The Morgan fingerprint density at radius 2 is 1.79 bits per heavy atom. The molecule has 1 aliphatic heterocycles. The quantitative estimate of drug-likeness (QED) is 0.0847. The van der Waals surface area contributed by atoms with Gasteiger partial charge in [-0.05, 0) is 24.2 Å². The molecule has 2 aromatic heterocycles. The van der Waals surface area contributed by atoms with Gasteiger partial charge in [-0.25, -0.2) is 14.8 Å². The van der Waals surface area contributed by atoms with E-state index in [9.17, 15) is 28.9 Å². The molecule has 3 heterocycles. The molecular weight excluding hydrogens is 671 g/mol. The molecule has 264 valence electrons. The second-order valence-corrected chi connectivity index (χ2v) is 25.0. The summed E-state index contributed by atoms with van der Waals surface area (Å²) in [4.78, 5) is 55.2. The Balaban J connectivity index is 1.60. The predicted octanol–water partition coefficient (Wildman–Crippen LogP) is 2.06. The number of alkyl carbamates (subject to hydrolysis) is 1. The molecule has 4 N–H and O–H groups in total. The molecule has 0 radical (unpaired) electrons. The maximum Gasteiger partial charge on any atom is 0.695 e. The number of hydrogen-bond donors (Lipinski definition) is 4. The van der Waals surface area contributed by atoms with Gasteiger partial charge in [0, 0.05) is 12.6 Å². The van der Waals surface area contributed by atoms with Crippen LogP contribution in [0.15, 0.2) is 17.4 Å². The summed E-state index contributed by atoms with van der Waals surface area (Å²) in [6.07, 6.45) is -1.99. The first-order valence-electron chi connectivity index (χ1n) is 15.3. The number of rotatable bonds is 16. The summed E-state index contributed by atoms with van der Waals surface area (Å²) < 4.78 is 43.0. The summed E-state index contributed by atoms with van der Waals surface area (Å²) in [5.74, 6) is -0.472. The summed E-state index contributed by atoms with van der Waals surface area (Å²) in [6, 6.07) is 0.824. The topological polar surface area (TPSA) is 215 Å². The molecule has 47 heavy (non-hydrogen) atoms. The smallest absolute Gasteiger partial charge is 0.450 e. The minimum Gasteiger partial charge on any atom is -0.450 e. The second kappa shape index (κ2) is 16.2. The molecule has 1 aliphatic rings. The van der Waals surface area contributed by atoms with E-state index in [0.717, 1.165) is 6.04 Å². The lowest BCUT2D eigenvalue weighted by Gasteiger charge is -2.39. The van der Waals surface area contributed by atoms with Crippen molar-refractivity contribution in [3.63, 3.8) is 0 Å². The van der Waals surface area contributed by atoms with Crippen LogP contribution in [-0.4, -0.2) is 109 Å². The number of aliphatic hydroxyl groups is 1. The van der Waals surface area contributed by atoms with Crippen molar-refractivity contribution in [2.24, 2.45) is 0 Å². The van der Waals surface area contributed by atoms with Crippen LogP contribution in [0.1, 0.15) is 27.0 Å². The Morgan fingerprint density at radius 1 is 1.09 bits per heavy atom. The van der Waals surface area contributed by atoms with Crippen molar-refractivity contribution >= 4 is 47.8 Å². The number of ether oxygens (including phenoxy) is 3. The number of aliphatic hydroxyl groups excluding tert-OH is 1. The van der Waals surface area contributed by atoms with Crippen molar-refractivity contribution in [1.82, 2.24) is 29.7 Å². The lowest BCUT2D eigenvalue weighted by Crippen LogP contribution is -2.50. The normalized spacial score (nSPS) is 20.8. The van der Waals surface area contributed by atoms with E-state index in [0.29, 0.717) is 6.61 Å². The van der Waals surface area contributed by atoms with Gasteiger partial charge in [0.2, 0.25) is 5.91 Å². The molecular formula is C27H48N6O11PSi2+. The van der Waals surface area contributed by atoms with Gasteiger partial charge in [0.25, 0.3) is 5.56 Å². The maximum atomic E-state index is 13.2. The molecule has 1 unspecified atom stereocenters. The van der Waals surface area contributed by atoms with Crippen LogP contribution in [0.2, 0.25) is 43.8 Å². The summed E-state index contributed by atoms with van der Waals surface area (Å²) in [6.45, 7) is 16.2. The van der Waals surface area contributed by atoms with E-state index in [2.05, 4.69) is 40.2 Å². The van der Waals surface area contributed by atoms with E-state index in [1.165, 1.54) is 21.8 Å². The number of amides is 2. The number of fused-ring (bicyclic) bond motifs is 1. The zero-order valence-corrected chi connectivity index (χ0v) is 31.1. The van der Waals surface area contributed by atoms with Crippen LogP contribution in [0.5, 0.6) is 0 Å². The molecule has 1 saturated heterocycles. The summed E-state index contributed by atoms with van der Waals surface area (Å²) >= 11 is 0. The summed E-state index contributed by atoms with van der Waals surface area (Å²) in [5, 5.41) is 14.8. The van der Waals surface area contributed by atoms with Crippen LogP contribution in [0.4, 0.5) is 4.79 Å². The fourth-order valence-corrected chi connectivity index (χ4v) is 6.80. The van der Waals surface area contributed by atoms with E-state index in [1.807, 2.05) is 33.9 Å². The van der Waals surface area contributed by atoms with Crippen LogP contribution in [0, 0.1) is 0 Å². The molecule has 2 amide bonds. The highest BCUT2D eigenvalue weighted by Crippen LogP contribution is 2.44. The zero-order chi connectivity index (χ0) is 35.2. The molecule has 17 nitrogen and oxygen atoms in total. The molecule has 0 aliphatic carbocycles. The lowest BCUT2D eigenvalue weighted by atomic mass is 10.1. The lowest BCUT2D eigenvalue weighted by molar-refractivity contribution is -0.121. The zero-order valence-electron chi connectivity index (χ0n) is 28.2. The predicted molar refractivity (Wildman–Crippen MR) is 176 cm³/mol. The number of nitrogens with zero attached hydrogens (tertiary/aromatic N) is 4. The average molecular weight is 720 g/mol. The highest BCUT2D eigenvalue weighted by atomic mass is 31.1. The molecule has 0 bridgehead atoms. The fraction of sp³-hybridized carbons (Fsp3) is 0.741. The summed E-state index contributed by atoms with van der Waals surface area (Å²) in [7, 11) is -6.85. The van der Waals surface area contributed by atoms with E-state index in [1.54, 1.807) is 0 Å². The first-order chi connectivity index (χ1) is 21.8. The third-order valence-corrected chi connectivity index (χ3v) is 14.7. The molecule has 5 atom stereocenters. The van der Waals surface area contributed by atoms with Gasteiger partial charge < -0.3 is 34.4 Å². The Kier molecular flexibility index (Phi) is 13.4. The van der Waals surface area contributed by atoms with Crippen molar-refractivity contribution < 1.29 is 47.3 Å². The van der Waals surface area contributed by atoms with E-state index < -0.39 is 73.4 Å². The number of carbonyl (C=O) groups is 2. The van der Waals surface area contributed by atoms with Gasteiger partial charge in [0.15, 0.2) is 31.8 Å². The number of imidazole rings is 1. The van der Waals surface area contributed by atoms with Crippen LogP contribution >= 0.6 is 8.25 Å². The van der Waals surface area contributed by atoms with Gasteiger partial charge >= 0.3 is 14.3 Å². The number of carbonyl (C=O) groups excluding carboxylic acids is 2. The number of aromatic nitrogens is 4. The molecule has 3 rings (SSSR count). The largest absolute Gasteiger partial charge is 0.695 e. The minimum atomic E-state index is -3.07. The Hall–Kier alpha value is -2.62. The van der Waals surface area contributed by atoms with Gasteiger partial charge in [0.1, 0.15) is 31.8 Å². The van der Waals surface area contributed by atoms with E-state index >= 15 is 0 Å². The van der Waals surface area contributed by atoms with Crippen LogP contribution in [0.3, 0.4) is 0 Å². The minimum absolute atomic E-state index is 0.00802. The van der Waals surface area contributed by atoms with Crippen LogP contribution in [0.25, 0.3) is 11.2 Å². The standard InChI is InChI=1S/C27H47N6O11PSi2/c1-27(2,3)47(7,8)44-21-18(14-34)42-25(22(21)43-45(38)39)33-16-29-20-23(33)30-15-32(24(20)36)9-10-40-17-31-19(35)13-28-26(37)41-11-12-46(4,5)6/h15-16,18,21-22,25,34H,9-14,17H2,1-8H3,(H2-,28,31,35,37,38,39)/p+1/t18-,21-,22-,25-/m1/s1. The monoisotopic (exact) mass is 719 g/mol. The first-order valence-corrected chi connectivity index (χ1v) is 23.0. The van der Waals surface area contributed by atoms with Gasteiger partial charge in [-0.1, -0.05) is 40.4 Å². The third kappa shape index (κ3) is 10.7. The molecule has 0 aromatic carbocycles. The van der Waals surface area contributed by atoms with Gasteiger partial charge in [0.05, 0.1) is 32.7 Å². The molecule has 0 saturated carbocycles. The SMILES string of the molecule is CC(C)(C)[Si](C)(C)O[C@H]1[C@@H](O[P+](=O)O)[C@H](n2cnc3c(=O)n(CCOCNC(=O)CNC(=O)OCC[Si](C)(C)C)cnc32)O[C@@H]1CO. The Morgan fingerprint density at radius 3 is 2.40 bits per heavy atom. The molecule has 2 aromatic rings. The number of hydrogen-bond acceptors (Lipinski definition) is 12. The van der Waals surface area contributed by atoms with Crippen molar-refractivity contribution in [3.05, 3.63) is 23.0 Å². The highest BCUT2D eigenvalue weighted by molar-refractivity contribution is 7.32. The van der Waals surface area contributed by atoms with Gasteiger partial charge in [-0.3, -0.25) is 18.7 Å². The Bertz CT molecular complexity index is 1460. The van der Waals surface area contributed by atoms with E-state index in [-0.39, 0.29) is 42.6 Å². The van der Waals surface area contributed by atoms with Crippen molar-refractivity contribution in [2.45, 2.75) is 95.7 Å². The third-order valence-electron chi connectivity index (χ3n) is 8.07. The van der Waals surface area contributed by atoms with Crippen LogP contribution in [-0.2, 0) is 39.1 Å². The van der Waals surface area contributed by atoms with Gasteiger partial charge in [-0.2, -0.15) is 0 Å². The first kappa shape index (κ1) is 38.8. The Labute approximate surface area is 276 Å². The molecule has 20 heteroatoms. The molecule has 1 fully saturated rings. The number of nitrogens with one attached hydrogen (secondary N) is 2. The van der Waals surface area contributed by atoms with Crippen molar-refractivity contribution in [3.8, 4) is 0 Å². The average Bonchev–Trinajstić information content (AvgIpc) is 3.52. The summed E-state index contributed by atoms with van der Waals surface area (Å²) in [5.41, 5.74) is -0.328. The maximum absolute atomic E-state index is 13.2. The second-order valence-electron chi connectivity index (χ2n) is 13.9. The molecule has 0 spiro atoms. The highest BCUT2D eigenvalue weighted by Gasteiger charge is 2.54. The van der Waals surface area contributed by atoms with Gasteiger partial charge in [-0.15, -0.1) is 9.42 Å². The van der Waals surface area contributed by atoms with Crippen molar-refractivity contribution in [1.29, 1.82) is 0 Å².